The first-order valence-corrected chi connectivity index (χ1v) is 5.24. The molecule has 0 aromatic heterocycles. The number of benzene rings is 1. The van der Waals surface area contributed by atoms with Crippen molar-refractivity contribution in [2.24, 2.45) is 0 Å². The molecule has 0 heterocycles. The predicted octanol–water partition coefficient (Wildman–Crippen LogP) is 4.09. The molecule has 1 aromatic carbocycles. The van der Waals surface area contributed by atoms with E-state index in [4.69, 9.17) is 0 Å². The summed E-state index contributed by atoms with van der Waals surface area (Å²) in [4.78, 5) is 0. The van der Waals surface area contributed by atoms with E-state index in [1.807, 2.05) is 6.07 Å². The molecule has 0 aliphatic heterocycles. The van der Waals surface area contributed by atoms with Crippen molar-refractivity contribution in [1.29, 1.82) is 0 Å². The lowest BCUT2D eigenvalue weighted by Crippen LogP contribution is -2.18. The van der Waals surface area contributed by atoms with Crippen LogP contribution < -0.4 is 0 Å². The smallest absolute Gasteiger partial charge is 0.127 e. The summed E-state index contributed by atoms with van der Waals surface area (Å²) in [6.45, 7) is 6.35. The van der Waals surface area contributed by atoms with Gasteiger partial charge in [0.1, 0.15) is 5.82 Å². The molecule has 0 bridgehead atoms. The van der Waals surface area contributed by atoms with Crippen LogP contribution in [0.1, 0.15) is 45.6 Å². The van der Waals surface area contributed by atoms with E-state index in [2.05, 4.69) is 26.8 Å². The van der Waals surface area contributed by atoms with Gasteiger partial charge in [0.2, 0.25) is 0 Å². The van der Waals surface area contributed by atoms with E-state index in [9.17, 15) is 4.39 Å². The Labute approximate surface area is 86.2 Å². The first-order chi connectivity index (χ1) is 6.58. The van der Waals surface area contributed by atoms with Gasteiger partial charge in [0, 0.05) is 0 Å². The summed E-state index contributed by atoms with van der Waals surface area (Å²) in [5.74, 6) is -0.131. The van der Waals surface area contributed by atoms with Crippen LogP contribution in [0.3, 0.4) is 0 Å². The predicted molar refractivity (Wildman–Crippen MR) is 57.8 cm³/mol. The standard InChI is InChI=1S/C13H18F/c1-4-5-10-13(2,3)11-8-6-7-9-12(11)14/h6,8-9H,4-5,10H2,1-3H3. The molecule has 1 radical (unpaired) electrons. The molecule has 77 valence electrons. The number of rotatable bonds is 4. The van der Waals surface area contributed by atoms with Crippen LogP contribution in [0.15, 0.2) is 18.2 Å². The quantitative estimate of drug-likeness (QED) is 0.675. The van der Waals surface area contributed by atoms with Crippen molar-refractivity contribution in [1.82, 2.24) is 0 Å². The van der Waals surface area contributed by atoms with Gasteiger partial charge in [0.25, 0.3) is 0 Å². The SMILES string of the molecule is CCCCC(C)(C)c1cc[c]cc1F. The molecule has 0 saturated heterocycles. The van der Waals surface area contributed by atoms with Gasteiger partial charge in [-0.25, -0.2) is 4.39 Å². The fourth-order valence-corrected chi connectivity index (χ4v) is 1.71. The Morgan fingerprint density at radius 1 is 1.43 bits per heavy atom. The number of halogens is 1. The molecular formula is C13H18F. The van der Waals surface area contributed by atoms with Gasteiger partial charge in [0.15, 0.2) is 0 Å². The average molecular weight is 193 g/mol. The number of unbranched alkanes of at least 4 members (excludes halogenated alkanes) is 1. The molecule has 14 heavy (non-hydrogen) atoms. The van der Waals surface area contributed by atoms with Crippen molar-refractivity contribution in [2.75, 3.05) is 0 Å². The Hall–Kier alpha value is -0.850. The van der Waals surface area contributed by atoms with Crippen LogP contribution in [-0.2, 0) is 5.41 Å². The van der Waals surface area contributed by atoms with Crippen LogP contribution in [0.4, 0.5) is 4.39 Å². The van der Waals surface area contributed by atoms with Gasteiger partial charge in [-0.1, -0.05) is 45.7 Å². The highest BCUT2D eigenvalue weighted by atomic mass is 19.1. The Kier molecular flexibility index (Phi) is 3.68. The van der Waals surface area contributed by atoms with Crippen molar-refractivity contribution < 1.29 is 4.39 Å². The normalized spacial score (nSPS) is 11.7. The summed E-state index contributed by atoms with van der Waals surface area (Å²) < 4.78 is 13.5. The summed E-state index contributed by atoms with van der Waals surface area (Å²) in [5, 5.41) is 0. The molecule has 0 aliphatic carbocycles. The molecule has 0 atom stereocenters. The summed E-state index contributed by atoms with van der Waals surface area (Å²) in [7, 11) is 0. The first kappa shape index (κ1) is 11.2. The lowest BCUT2D eigenvalue weighted by atomic mass is 9.80. The van der Waals surface area contributed by atoms with Crippen LogP contribution in [0.5, 0.6) is 0 Å². The average Bonchev–Trinajstić information content (AvgIpc) is 2.15. The Morgan fingerprint density at radius 2 is 2.14 bits per heavy atom. The zero-order chi connectivity index (χ0) is 10.6. The zero-order valence-corrected chi connectivity index (χ0v) is 9.23. The van der Waals surface area contributed by atoms with Crippen LogP contribution in [0.2, 0.25) is 0 Å². The van der Waals surface area contributed by atoms with Crippen molar-refractivity contribution in [3.05, 3.63) is 35.6 Å². The van der Waals surface area contributed by atoms with Gasteiger partial charge in [0.05, 0.1) is 0 Å². The molecule has 1 heteroatoms. The van der Waals surface area contributed by atoms with Gasteiger partial charge in [-0.05, 0) is 29.5 Å². The van der Waals surface area contributed by atoms with Crippen molar-refractivity contribution in [3.63, 3.8) is 0 Å². The van der Waals surface area contributed by atoms with Gasteiger partial charge >= 0.3 is 0 Å². The molecule has 0 saturated carbocycles. The van der Waals surface area contributed by atoms with E-state index >= 15 is 0 Å². The molecule has 0 amide bonds. The third kappa shape index (κ3) is 2.57. The second-order valence-corrected chi connectivity index (χ2v) is 4.39. The highest BCUT2D eigenvalue weighted by molar-refractivity contribution is 5.24. The van der Waals surface area contributed by atoms with Crippen LogP contribution in [-0.4, -0.2) is 0 Å². The minimum atomic E-state index is -0.131. The minimum Gasteiger partial charge on any atom is -0.207 e. The monoisotopic (exact) mass is 193 g/mol. The summed E-state index contributed by atoms with van der Waals surface area (Å²) in [5.41, 5.74) is 0.750. The van der Waals surface area contributed by atoms with Crippen molar-refractivity contribution in [2.45, 2.75) is 45.4 Å². The fraction of sp³-hybridized carbons (Fsp3) is 0.538. The zero-order valence-electron chi connectivity index (χ0n) is 9.23. The van der Waals surface area contributed by atoms with Gasteiger partial charge in [-0.15, -0.1) is 0 Å². The lowest BCUT2D eigenvalue weighted by molar-refractivity contribution is 0.433. The first-order valence-electron chi connectivity index (χ1n) is 5.24. The van der Waals surface area contributed by atoms with Gasteiger partial charge < -0.3 is 0 Å². The van der Waals surface area contributed by atoms with Crippen molar-refractivity contribution in [3.8, 4) is 0 Å². The third-order valence-corrected chi connectivity index (χ3v) is 2.70. The topological polar surface area (TPSA) is 0 Å². The van der Waals surface area contributed by atoms with E-state index in [1.165, 1.54) is 6.07 Å². The number of hydrogen-bond donors (Lipinski definition) is 0. The highest BCUT2D eigenvalue weighted by Crippen LogP contribution is 2.30. The second kappa shape index (κ2) is 4.59. The maximum Gasteiger partial charge on any atom is 0.127 e. The van der Waals surface area contributed by atoms with Crippen molar-refractivity contribution >= 4 is 0 Å². The Morgan fingerprint density at radius 3 is 2.71 bits per heavy atom. The molecule has 0 unspecified atom stereocenters. The van der Waals surface area contributed by atoms with Crippen LogP contribution in [0.25, 0.3) is 0 Å². The summed E-state index contributed by atoms with van der Waals surface area (Å²) in [6, 6.07) is 7.80. The van der Waals surface area contributed by atoms with E-state index in [-0.39, 0.29) is 11.2 Å². The van der Waals surface area contributed by atoms with E-state index in [0.717, 1.165) is 24.8 Å². The third-order valence-electron chi connectivity index (χ3n) is 2.70. The van der Waals surface area contributed by atoms with E-state index in [0.29, 0.717) is 0 Å². The fourth-order valence-electron chi connectivity index (χ4n) is 1.71. The molecule has 0 N–H and O–H groups in total. The molecule has 0 aliphatic rings. The molecule has 0 fully saturated rings. The summed E-state index contributed by atoms with van der Waals surface area (Å²) >= 11 is 0. The molecule has 1 rings (SSSR count). The summed E-state index contributed by atoms with van der Waals surface area (Å²) in [6.07, 6.45) is 3.33. The van der Waals surface area contributed by atoms with E-state index in [1.54, 1.807) is 6.07 Å². The van der Waals surface area contributed by atoms with E-state index < -0.39 is 0 Å². The Balaban J connectivity index is 2.86. The largest absolute Gasteiger partial charge is 0.207 e. The maximum absolute atomic E-state index is 13.5. The Bertz CT molecular complexity index is 289. The number of hydrogen-bond acceptors (Lipinski definition) is 0. The second-order valence-electron chi connectivity index (χ2n) is 4.39. The minimum absolute atomic E-state index is 0.0603. The van der Waals surface area contributed by atoms with Crippen LogP contribution >= 0.6 is 0 Å². The molecule has 0 spiro atoms. The van der Waals surface area contributed by atoms with Gasteiger partial charge in [-0.2, -0.15) is 0 Å². The van der Waals surface area contributed by atoms with Gasteiger partial charge in [-0.3, -0.25) is 0 Å². The maximum atomic E-state index is 13.5. The molecule has 0 nitrogen and oxygen atoms in total. The molecular weight excluding hydrogens is 175 g/mol. The molecule has 1 aromatic rings. The van der Waals surface area contributed by atoms with Crippen LogP contribution in [0, 0.1) is 11.9 Å². The highest BCUT2D eigenvalue weighted by Gasteiger charge is 2.22. The lowest BCUT2D eigenvalue weighted by Gasteiger charge is -2.25.